The number of nitrogens with zero attached hydrogens (tertiary/aromatic N) is 3. The smallest absolute Gasteiger partial charge is 0.249 e. The first kappa shape index (κ1) is 20.3. The van der Waals surface area contributed by atoms with Crippen molar-refractivity contribution in [3.63, 3.8) is 0 Å². The molecular weight excluding hydrogens is 396 g/mol. The second-order valence-corrected chi connectivity index (χ2v) is 7.74. The molecule has 160 valence electrons. The van der Waals surface area contributed by atoms with Gasteiger partial charge in [-0.15, -0.1) is 0 Å². The third-order valence-corrected chi connectivity index (χ3v) is 5.41. The molecule has 1 saturated carbocycles. The number of likely N-dealkylation sites (N-methyl/N-ethyl adjacent to an activating group) is 1. The van der Waals surface area contributed by atoms with Crippen LogP contribution >= 0.6 is 0 Å². The van der Waals surface area contributed by atoms with E-state index in [4.69, 9.17) is 4.74 Å². The molecule has 2 heterocycles. The van der Waals surface area contributed by atoms with E-state index in [1.165, 1.54) is 6.07 Å². The van der Waals surface area contributed by atoms with Gasteiger partial charge in [0.15, 0.2) is 17.4 Å². The van der Waals surface area contributed by atoms with E-state index in [1.807, 2.05) is 0 Å². The van der Waals surface area contributed by atoms with Crippen LogP contribution in [-0.4, -0.2) is 52.3 Å². The van der Waals surface area contributed by atoms with Crippen molar-refractivity contribution in [2.24, 2.45) is 0 Å². The lowest BCUT2D eigenvalue weighted by molar-refractivity contribution is -0.119. The molecule has 1 aromatic heterocycles. The molecule has 1 aromatic carbocycles. The Balaban J connectivity index is 1.42. The number of anilines is 3. The van der Waals surface area contributed by atoms with Gasteiger partial charge in [-0.25, -0.2) is 13.8 Å². The molecular formula is C20H23F2N5O3. The maximum atomic E-state index is 13.7. The lowest BCUT2D eigenvalue weighted by Gasteiger charge is -2.38. The molecule has 10 heteroatoms. The number of carbonyl (C=O) groups is 1. The van der Waals surface area contributed by atoms with Gasteiger partial charge in [-0.2, -0.15) is 4.98 Å². The Morgan fingerprint density at radius 2 is 2.07 bits per heavy atom. The first-order chi connectivity index (χ1) is 14.2. The van der Waals surface area contributed by atoms with Gasteiger partial charge in [0.05, 0.1) is 11.8 Å². The van der Waals surface area contributed by atoms with Crippen LogP contribution in [0.2, 0.25) is 0 Å². The third-order valence-electron chi connectivity index (χ3n) is 5.41. The molecule has 30 heavy (non-hydrogen) atoms. The molecule has 2 atom stereocenters. The van der Waals surface area contributed by atoms with Crippen molar-refractivity contribution in [2.75, 3.05) is 22.6 Å². The predicted molar refractivity (Wildman–Crippen MR) is 107 cm³/mol. The highest BCUT2D eigenvalue weighted by Crippen LogP contribution is 2.34. The zero-order valence-corrected chi connectivity index (χ0v) is 16.8. The van der Waals surface area contributed by atoms with Gasteiger partial charge in [0, 0.05) is 32.0 Å². The molecule has 0 unspecified atom stereocenters. The highest BCUT2D eigenvalue weighted by atomic mass is 19.1. The number of rotatable bonds is 5. The number of hydrogen-bond acceptors (Lipinski definition) is 7. The van der Waals surface area contributed by atoms with Crippen LogP contribution < -0.4 is 20.3 Å². The third kappa shape index (κ3) is 3.74. The Bertz CT molecular complexity index is 981. The first-order valence-corrected chi connectivity index (χ1v) is 9.71. The summed E-state index contributed by atoms with van der Waals surface area (Å²) in [5.41, 5.74) is 1.12. The van der Waals surface area contributed by atoms with Crippen molar-refractivity contribution in [2.45, 2.75) is 51.0 Å². The van der Waals surface area contributed by atoms with Gasteiger partial charge in [-0.3, -0.25) is 4.79 Å². The molecule has 0 bridgehead atoms. The number of fused-ring (bicyclic) bond motifs is 1. The fourth-order valence-corrected chi connectivity index (χ4v) is 3.78. The molecule has 2 aliphatic rings. The Kier molecular flexibility index (Phi) is 5.19. The number of benzene rings is 1. The quantitative estimate of drug-likeness (QED) is 0.683. The summed E-state index contributed by atoms with van der Waals surface area (Å²) in [5, 5.41) is 15.9. The minimum atomic E-state index is -0.869. The van der Waals surface area contributed by atoms with E-state index in [1.54, 1.807) is 25.8 Å². The van der Waals surface area contributed by atoms with Crippen molar-refractivity contribution in [3.05, 3.63) is 35.5 Å². The SMILES string of the molecule is Cc1nc(N[C@H]2C[C@H](Oc3ccc(F)cc3F)C2)nc2c1NC(=O)[C@H]([C@H](C)O)N2C. The number of halogens is 2. The Hall–Kier alpha value is -3.01. The van der Waals surface area contributed by atoms with E-state index in [0.29, 0.717) is 36.0 Å². The van der Waals surface area contributed by atoms with Crippen LogP contribution in [-0.2, 0) is 4.79 Å². The summed E-state index contributed by atoms with van der Waals surface area (Å²) < 4.78 is 32.3. The van der Waals surface area contributed by atoms with Gasteiger partial charge < -0.3 is 25.4 Å². The number of aryl methyl sites for hydroxylation is 1. The second-order valence-electron chi connectivity index (χ2n) is 7.74. The van der Waals surface area contributed by atoms with Crippen LogP contribution in [0.1, 0.15) is 25.5 Å². The highest BCUT2D eigenvalue weighted by molar-refractivity contribution is 6.03. The molecule has 1 fully saturated rings. The van der Waals surface area contributed by atoms with E-state index < -0.39 is 23.8 Å². The lowest BCUT2D eigenvalue weighted by atomic mass is 9.89. The zero-order chi connectivity index (χ0) is 21.6. The number of ether oxygens (including phenoxy) is 1. The van der Waals surface area contributed by atoms with E-state index >= 15 is 0 Å². The molecule has 1 amide bonds. The van der Waals surface area contributed by atoms with Gasteiger partial charge >= 0.3 is 0 Å². The van der Waals surface area contributed by atoms with Crippen LogP contribution in [0.15, 0.2) is 18.2 Å². The normalized spacial score (nSPS) is 23.9. The summed E-state index contributed by atoms with van der Waals surface area (Å²) in [6, 6.07) is 2.53. The van der Waals surface area contributed by atoms with Crippen LogP contribution in [0.5, 0.6) is 5.75 Å². The van der Waals surface area contributed by atoms with Crippen molar-refractivity contribution in [1.29, 1.82) is 0 Å². The summed E-state index contributed by atoms with van der Waals surface area (Å²) in [5.74, 6) is -0.725. The van der Waals surface area contributed by atoms with Crippen LogP contribution in [0.4, 0.5) is 26.2 Å². The molecule has 2 aromatic rings. The average Bonchev–Trinajstić information content (AvgIpc) is 2.62. The van der Waals surface area contributed by atoms with Crippen LogP contribution in [0.3, 0.4) is 0 Å². The number of amides is 1. The molecule has 0 radical (unpaired) electrons. The summed E-state index contributed by atoms with van der Waals surface area (Å²) >= 11 is 0. The minimum absolute atomic E-state index is 0.0299. The van der Waals surface area contributed by atoms with Gasteiger partial charge in [-0.1, -0.05) is 0 Å². The van der Waals surface area contributed by atoms with Crippen molar-refractivity contribution >= 4 is 23.4 Å². The van der Waals surface area contributed by atoms with Gasteiger partial charge in [-0.05, 0) is 26.0 Å². The topological polar surface area (TPSA) is 99.6 Å². The number of aliphatic hydroxyl groups excluding tert-OH is 1. The molecule has 4 rings (SSSR count). The highest BCUT2D eigenvalue weighted by Gasteiger charge is 2.37. The first-order valence-electron chi connectivity index (χ1n) is 9.71. The van der Waals surface area contributed by atoms with E-state index in [9.17, 15) is 18.7 Å². The molecule has 3 N–H and O–H groups in total. The van der Waals surface area contributed by atoms with Crippen molar-refractivity contribution < 1.29 is 23.4 Å². The summed E-state index contributed by atoms with van der Waals surface area (Å²) in [6.45, 7) is 3.32. The van der Waals surface area contributed by atoms with Crippen molar-refractivity contribution in [1.82, 2.24) is 9.97 Å². The molecule has 8 nitrogen and oxygen atoms in total. The largest absolute Gasteiger partial charge is 0.487 e. The Morgan fingerprint density at radius 1 is 1.33 bits per heavy atom. The number of hydrogen-bond donors (Lipinski definition) is 3. The van der Waals surface area contributed by atoms with Gasteiger partial charge in [0.2, 0.25) is 11.9 Å². The predicted octanol–water partition coefficient (Wildman–Crippen LogP) is 2.22. The van der Waals surface area contributed by atoms with E-state index in [2.05, 4.69) is 20.6 Å². The van der Waals surface area contributed by atoms with E-state index in [0.717, 1.165) is 12.1 Å². The van der Waals surface area contributed by atoms with Crippen LogP contribution in [0.25, 0.3) is 0 Å². The Morgan fingerprint density at radius 3 is 2.73 bits per heavy atom. The summed E-state index contributed by atoms with van der Waals surface area (Å²) in [4.78, 5) is 22.8. The maximum Gasteiger partial charge on any atom is 0.249 e. The maximum absolute atomic E-state index is 13.7. The average molecular weight is 419 g/mol. The molecule has 0 saturated heterocycles. The monoisotopic (exact) mass is 419 g/mol. The summed E-state index contributed by atoms with van der Waals surface area (Å²) in [7, 11) is 1.70. The number of aliphatic hydroxyl groups is 1. The van der Waals surface area contributed by atoms with Gasteiger partial charge in [0.1, 0.15) is 23.7 Å². The fourth-order valence-electron chi connectivity index (χ4n) is 3.78. The van der Waals surface area contributed by atoms with E-state index in [-0.39, 0.29) is 23.8 Å². The number of carbonyl (C=O) groups excluding carboxylic acids is 1. The number of aromatic nitrogens is 2. The van der Waals surface area contributed by atoms with Crippen molar-refractivity contribution in [3.8, 4) is 5.75 Å². The molecule has 0 spiro atoms. The second kappa shape index (κ2) is 7.67. The summed E-state index contributed by atoms with van der Waals surface area (Å²) in [6.07, 6.45) is 0.159. The molecule has 1 aliphatic carbocycles. The van der Waals surface area contributed by atoms with Crippen LogP contribution in [0, 0.1) is 18.6 Å². The lowest BCUT2D eigenvalue weighted by Crippen LogP contribution is -2.52. The van der Waals surface area contributed by atoms with Gasteiger partial charge in [0.25, 0.3) is 0 Å². The Labute approximate surface area is 172 Å². The standard InChI is InChI=1S/C20H23F2N5O3/c1-9-16-18(27(3)17(10(2)28)19(29)25-16)26-20(23-9)24-12-7-13(8-12)30-15-5-4-11(21)6-14(15)22/h4-6,10,12-13,17,28H,7-8H2,1-3H3,(H,25,29)(H,23,24,26)/t10-,12-,13-,17-/m0/s1. The fraction of sp³-hybridized carbons (Fsp3) is 0.450. The zero-order valence-electron chi connectivity index (χ0n) is 16.8. The minimum Gasteiger partial charge on any atom is -0.487 e. The molecule has 1 aliphatic heterocycles. The number of nitrogens with one attached hydrogen (secondary N) is 2.